The summed E-state index contributed by atoms with van der Waals surface area (Å²) in [4.78, 5) is 16.8. The van der Waals surface area contributed by atoms with E-state index >= 15 is 0 Å². The van der Waals surface area contributed by atoms with Gasteiger partial charge in [-0.2, -0.15) is 5.10 Å². The smallest absolute Gasteiger partial charge is 0.348 e. The second-order valence-corrected chi connectivity index (χ2v) is 6.49. The molecule has 0 fully saturated rings. The van der Waals surface area contributed by atoms with Gasteiger partial charge in [-0.3, -0.25) is 0 Å². The molecule has 0 amide bonds. The van der Waals surface area contributed by atoms with Crippen LogP contribution in [0.1, 0.15) is 9.67 Å². The van der Waals surface area contributed by atoms with Gasteiger partial charge in [-0.05, 0) is 17.7 Å². The molecule has 124 valence electrons. The number of benzene rings is 1. The summed E-state index contributed by atoms with van der Waals surface area (Å²) < 4.78 is 1.74. The largest absolute Gasteiger partial charge is 0.477 e. The molecular formula is C18H14N4O2S. The molecular weight excluding hydrogens is 336 g/mol. The van der Waals surface area contributed by atoms with Crippen LogP contribution in [-0.4, -0.2) is 32.7 Å². The molecule has 4 rings (SSSR count). The van der Waals surface area contributed by atoms with Gasteiger partial charge in [0, 0.05) is 35.9 Å². The molecule has 0 atom stereocenters. The number of aromatic carboxylic acids is 1. The number of rotatable bonds is 4. The predicted molar refractivity (Wildman–Crippen MR) is 98.2 cm³/mol. The molecule has 0 aliphatic heterocycles. The molecule has 25 heavy (non-hydrogen) atoms. The highest BCUT2D eigenvalue weighted by molar-refractivity contribution is 7.18. The van der Waals surface area contributed by atoms with Gasteiger partial charge >= 0.3 is 5.97 Å². The number of carboxylic acid groups (broad SMARTS) is 1. The first-order valence-corrected chi connectivity index (χ1v) is 8.43. The molecule has 0 radical (unpaired) electrons. The minimum Gasteiger partial charge on any atom is -0.477 e. The SMILES string of the molecule is CNc1cc(-c2ccc(-c3cc4ncccn4n3)cc2)sc1C(=O)O. The summed E-state index contributed by atoms with van der Waals surface area (Å²) in [6.45, 7) is 0. The second kappa shape index (κ2) is 6.03. The minimum absolute atomic E-state index is 0.313. The Labute approximate surface area is 147 Å². The number of aromatic nitrogens is 3. The Morgan fingerprint density at radius 2 is 1.96 bits per heavy atom. The highest BCUT2D eigenvalue weighted by Crippen LogP contribution is 2.35. The van der Waals surface area contributed by atoms with E-state index in [1.54, 1.807) is 17.8 Å². The van der Waals surface area contributed by atoms with Crippen LogP contribution >= 0.6 is 11.3 Å². The van der Waals surface area contributed by atoms with Gasteiger partial charge in [0.05, 0.1) is 11.4 Å². The van der Waals surface area contributed by atoms with Crippen molar-refractivity contribution in [1.29, 1.82) is 0 Å². The van der Waals surface area contributed by atoms with Crippen LogP contribution in [0, 0.1) is 0 Å². The fourth-order valence-corrected chi connectivity index (χ4v) is 3.66. The Bertz CT molecular complexity index is 1030. The fourth-order valence-electron chi connectivity index (χ4n) is 2.65. The maximum atomic E-state index is 11.3. The number of carboxylic acids is 1. The van der Waals surface area contributed by atoms with Crippen molar-refractivity contribution < 1.29 is 9.90 Å². The molecule has 0 aliphatic carbocycles. The summed E-state index contributed by atoms with van der Waals surface area (Å²) in [5.74, 6) is -0.922. The van der Waals surface area contributed by atoms with Crippen molar-refractivity contribution >= 4 is 28.6 Å². The molecule has 0 saturated heterocycles. The Kier molecular flexibility index (Phi) is 3.70. The van der Waals surface area contributed by atoms with Crippen LogP contribution in [0.2, 0.25) is 0 Å². The first kappa shape index (κ1) is 15.3. The summed E-state index contributed by atoms with van der Waals surface area (Å²) in [5.41, 5.74) is 4.23. The number of nitrogens with zero attached hydrogens (tertiary/aromatic N) is 3. The van der Waals surface area contributed by atoms with Crippen LogP contribution in [0.15, 0.2) is 54.9 Å². The summed E-state index contributed by atoms with van der Waals surface area (Å²) in [6.07, 6.45) is 3.60. The summed E-state index contributed by atoms with van der Waals surface area (Å²) in [7, 11) is 1.72. The van der Waals surface area contributed by atoms with Gasteiger partial charge in [-0.25, -0.2) is 14.3 Å². The van der Waals surface area contributed by atoms with Crippen molar-refractivity contribution in [1.82, 2.24) is 14.6 Å². The lowest BCUT2D eigenvalue weighted by Gasteiger charge is -2.00. The first-order valence-electron chi connectivity index (χ1n) is 7.62. The van der Waals surface area contributed by atoms with E-state index in [2.05, 4.69) is 15.4 Å². The Morgan fingerprint density at radius 1 is 1.20 bits per heavy atom. The molecule has 2 N–H and O–H groups in total. The van der Waals surface area contributed by atoms with Crippen molar-refractivity contribution in [3.05, 3.63) is 59.7 Å². The zero-order valence-electron chi connectivity index (χ0n) is 13.3. The molecule has 0 aliphatic rings. The Morgan fingerprint density at radius 3 is 2.60 bits per heavy atom. The fraction of sp³-hybridized carbons (Fsp3) is 0.0556. The van der Waals surface area contributed by atoms with E-state index in [1.807, 2.05) is 48.7 Å². The normalized spacial score (nSPS) is 10.9. The monoisotopic (exact) mass is 350 g/mol. The summed E-state index contributed by atoms with van der Waals surface area (Å²) >= 11 is 1.26. The van der Waals surface area contributed by atoms with Crippen LogP contribution in [0.3, 0.4) is 0 Å². The number of carbonyl (C=O) groups is 1. The lowest BCUT2D eigenvalue weighted by atomic mass is 10.1. The molecule has 0 saturated carbocycles. The number of anilines is 1. The molecule has 6 nitrogen and oxygen atoms in total. The van der Waals surface area contributed by atoms with Gasteiger partial charge in [-0.15, -0.1) is 11.3 Å². The van der Waals surface area contributed by atoms with Crippen molar-refractivity contribution in [3.8, 4) is 21.7 Å². The summed E-state index contributed by atoms with van der Waals surface area (Å²) in [5, 5.41) is 16.7. The quantitative estimate of drug-likeness (QED) is 0.584. The van der Waals surface area contributed by atoms with E-state index in [0.717, 1.165) is 27.3 Å². The average molecular weight is 350 g/mol. The Hall–Kier alpha value is -3.19. The van der Waals surface area contributed by atoms with E-state index in [-0.39, 0.29) is 0 Å². The van der Waals surface area contributed by atoms with Crippen LogP contribution in [-0.2, 0) is 0 Å². The van der Waals surface area contributed by atoms with E-state index < -0.39 is 5.97 Å². The standard InChI is InChI=1S/C18H14N4O2S/c1-19-14-9-15(25-17(14)18(23)24)12-5-3-11(4-6-12)13-10-16-20-7-2-8-22(16)21-13/h2-10,19H,1H3,(H,23,24). The molecule has 3 aromatic heterocycles. The zero-order chi connectivity index (χ0) is 17.4. The number of thiophene rings is 1. The highest BCUT2D eigenvalue weighted by atomic mass is 32.1. The molecule has 1 aromatic carbocycles. The zero-order valence-corrected chi connectivity index (χ0v) is 14.1. The van der Waals surface area contributed by atoms with Crippen LogP contribution in [0.4, 0.5) is 5.69 Å². The molecule has 4 aromatic rings. The van der Waals surface area contributed by atoms with Crippen LogP contribution in [0.5, 0.6) is 0 Å². The van der Waals surface area contributed by atoms with Crippen LogP contribution < -0.4 is 5.32 Å². The predicted octanol–water partition coefficient (Wildman–Crippen LogP) is 3.86. The number of fused-ring (bicyclic) bond motifs is 1. The minimum atomic E-state index is -0.922. The Balaban J connectivity index is 1.69. The van der Waals surface area contributed by atoms with Gasteiger partial charge < -0.3 is 10.4 Å². The lowest BCUT2D eigenvalue weighted by molar-refractivity contribution is 0.0703. The van der Waals surface area contributed by atoms with E-state index in [9.17, 15) is 9.90 Å². The van der Waals surface area contributed by atoms with E-state index in [0.29, 0.717) is 10.6 Å². The molecule has 0 bridgehead atoms. The lowest BCUT2D eigenvalue weighted by Crippen LogP contribution is -1.97. The third-order valence-corrected chi connectivity index (χ3v) is 5.07. The highest BCUT2D eigenvalue weighted by Gasteiger charge is 2.15. The van der Waals surface area contributed by atoms with Crippen molar-refractivity contribution in [2.24, 2.45) is 0 Å². The maximum absolute atomic E-state index is 11.3. The summed E-state index contributed by atoms with van der Waals surface area (Å²) in [6, 6.07) is 13.5. The average Bonchev–Trinajstić information content (AvgIpc) is 3.26. The first-order chi connectivity index (χ1) is 12.2. The van der Waals surface area contributed by atoms with Gasteiger partial charge in [0.15, 0.2) is 5.65 Å². The maximum Gasteiger partial charge on any atom is 0.348 e. The van der Waals surface area contributed by atoms with Gasteiger partial charge in [-0.1, -0.05) is 24.3 Å². The van der Waals surface area contributed by atoms with Gasteiger partial charge in [0.25, 0.3) is 0 Å². The third kappa shape index (κ3) is 2.74. The van der Waals surface area contributed by atoms with Crippen LogP contribution in [0.25, 0.3) is 27.3 Å². The van der Waals surface area contributed by atoms with E-state index in [1.165, 1.54) is 11.3 Å². The second-order valence-electron chi connectivity index (χ2n) is 5.44. The topological polar surface area (TPSA) is 79.5 Å². The molecule has 0 unspecified atom stereocenters. The number of hydrogen-bond donors (Lipinski definition) is 2. The molecule has 0 spiro atoms. The van der Waals surface area contributed by atoms with Crippen molar-refractivity contribution in [2.45, 2.75) is 0 Å². The van der Waals surface area contributed by atoms with Gasteiger partial charge in [0.1, 0.15) is 4.88 Å². The number of nitrogens with one attached hydrogen (secondary N) is 1. The van der Waals surface area contributed by atoms with Crippen molar-refractivity contribution in [3.63, 3.8) is 0 Å². The van der Waals surface area contributed by atoms with E-state index in [4.69, 9.17) is 0 Å². The third-order valence-electron chi connectivity index (χ3n) is 3.90. The van der Waals surface area contributed by atoms with Gasteiger partial charge in [0.2, 0.25) is 0 Å². The molecule has 7 heteroatoms. The number of hydrogen-bond acceptors (Lipinski definition) is 5. The molecule has 3 heterocycles. The van der Waals surface area contributed by atoms with Crippen molar-refractivity contribution in [2.75, 3.05) is 12.4 Å².